The highest BCUT2D eigenvalue weighted by Gasteiger charge is 2.23. The highest BCUT2D eigenvalue weighted by Crippen LogP contribution is 2.31. The fourth-order valence-corrected chi connectivity index (χ4v) is 2.75. The van der Waals surface area contributed by atoms with E-state index in [1.807, 2.05) is 6.92 Å². The molecule has 1 saturated heterocycles. The number of rotatable bonds is 1. The quantitative estimate of drug-likeness (QED) is 0.824. The van der Waals surface area contributed by atoms with Crippen LogP contribution in [0.15, 0.2) is 15.9 Å². The largest absolute Gasteiger partial charge is 0.354 e. The van der Waals surface area contributed by atoms with E-state index in [4.69, 9.17) is 4.74 Å². The Morgan fingerprint density at radius 3 is 3.00 bits per heavy atom. The van der Waals surface area contributed by atoms with Crippen molar-refractivity contribution in [2.45, 2.75) is 19.3 Å². The number of thiophene rings is 1. The highest BCUT2D eigenvalue weighted by atomic mass is 79.9. The van der Waals surface area contributed by atoms with Crippen LogP contribution in [-0.4, -0.2) is 12.8 Å². The summed E-state index contributed by atoms with van der Waals surface area (Å²) in [6, 6.07) is 4.17. The molecule has 1 aliphatic rings. The zero-order chi connectivity index (χ0) is 8.55. The van der Waals surface area contributed by atoms with E-state index in [-0.39, 0.29) is 12.3 Å². The molecule has 1 aromatic heterocycles. The lowest BCUT2D eigenvalue weighted by Crippen LogP contribution is -2.17. The number of halogens is 1. The van der Waals surface area contributed by atoms with Gasteiger partial charge in [-0.1, -0.05) is 0 Å². The van der Waals surface area contributed by atoms with E-state index in [1.165, 1.54) is 8.66 Å². The van der Waals surface area contributed by atoms with Crippen LogP contribution in [0.25, 0.3) is 0 Å². The molecule has 12 heavy (non-hydrogen) atoms. The summed E-state index contributed by atoms with van der Waals surface area (Å²) in [5.74, 6) is 0. The molecule has 1 aromatic rings. The minimum Gasteiger partial charge on any atom is -0.354 e. The predicted octanol–water partition coefficient (Wildman–Crippen LogP) is 2.52. The van der Waals surface area contributed by atoms with Gasteiger partial charge in [0, 0.05) is 11.4 Å². The van der Waals surface area contributed by atoms with E-state index in [0.29, 0.717) is 0 Å². The van der Waals surface area contributed by atoms with Gasteiger partial charge < -0.3 is 4.74 Å². The SMILES string of the molecule is CC1NCC(c2ccc(Br)s2)O1. The third-order valence-corrected chi connectivity index (χ3v) is 3.59. The van der Waals surface area contributed by atoms with Gasteiger partial charge in [-0.15, -0.1) is 11.3 Å². The molecular formula is C8H10BrNOS. The maximum atomic E-state index is 5.64. The zero-order valence-corrected chi connectivity index (χ0v) is 9.11. The summed E-state index contributed by atoms with van der Waals surface area (Å²) in [6.07, 6.45) is 0.437. The average Bonchev–Trinajstić information content (AvgIpc) is 2.58. The Morgan fingerprint density at radius 1 is 1.67 bits per heavy atom. The lowest BCUT2D eigenvalue weighted by Gasteiger charge is -2.05. The van der Waals surface area contributed by atoms with Crippen LogP contribution < -0.4 is 5.32 Å². The van der Waals surface area contributed by atoms with Gasteiger partial charge in [-0.2, -0.15) is 0 Å². The summed E-state index contributed by atoms with van der Waals surface area (Å²) in [4.78, 5) is 1.29. The molecule has 2 rings (SSSR count). The lowest BCUT2D eigenvalue weighted by atomic mass is 10.3. The summed E-state index contributed by atoms with van der Waals surface area (Å²) in [7, 11) is 0. The Bertz CT molecular complexity index is 276. The minimum atomic E-state index is 0.191. The van der Waals surface area contributed by atoms with E-state index in [1.54, 1.807) is 11.3 Å². The second-order valence-corrected chi connectivity index (χ2v) is 5.31. The molecular weight excluding hydrogens is 238 g/mol. The van der Waals surface area contributed by atoms with Gasteiger partial charge in [0.15, 0.2) is 0 Å². The van der Waals surface area contributed by atoms with Crippen molar-refractivity contribution in [1.82, 2.24) is 5.32 Å². The zero-order valence-electron chi connectivity index (χ0n) is 6.71. The Labute approximate surface area is 84.1 Å². The number of ether oxygens (including phenoxy) is 1. The van der Waals surface area contributed by atoms with Crippen LogP contribution in [0.4, 0.5) is 0 Å². The van der Waals surface area contributed by atoms with Crippen LogP contribution in [0, 0.1) is 0 Å². The Kier molecular flexibility index (Phi) is 2.50. The molecule has 0 spiro atoms. The first-order valence-corrected chi connectivity index (χ1v) is 5.51. The van der Waals surface area contributed by atoms with E-state index in [2.05, 4.69) is 33.4 Å². The maximum Gasteiger partial charge on any atom is 0.106 e. The van der Waals surface area contributed by atoms with Crippen LogP contribution in [0.3, 0.4) is 0 Å². The highest BCUT2D eigenvalue weighted by molar-refractivity contribution is 9.11. The fraction of sp³-hybridized carbons (Fsp3) is 0.500. The van der Waals surface area contributed by atoms with Crippen molar-refractivity contribution in [1.29, 1.82) is 0 Å². The molecule has 1 N–H and O–H groups in total. The van der Waals surface area contributed by atoms with Gasteiger partial charge in [-0.3, -0.25) is 5.32 Å². The molecule has 2 heterocycles. The first-order chi connectivity index (χ1) is 5.75. The van der Waals surface area contributed by atoms with Crippen molar-refractivity contribution in [3.8, 4) is 0 Å². The number of hydrogen-bond acceptors (Lipinski definition) is 3. The van der Waals surface area contributed by atoms with Gasteiger partial charge in [-0.25, -0.2) is 0 Å². The van der Waals surface area contributed by atoms with Crippen LogP contribution >= 0.6 is 27.3 Å². The summed E-state index contributed by atoms with van der Waals surface area (Å²) in [6.45, 7) is 2.96. The molecule has 0 aromatic carbocycles. The molecule has 0 aliphatic carbocycles. The van der Waals surface area contributed by atoms with Crippen molar-refractivity contribution < 1.29 is 4.74 Å². The van der Waals surface area contributed by atoms with Gasteiger partial charge in [0.05, 0.1) is 3.79 Å². The van der Waals surface area contributed by atoms with Gasteiger partial charge in [0.2, 0.25) is 0 Å². The molecule has 1 fully saturated rings. The topological polar surface area (TPSA) is 21.3 Å². The second-order valence-electron chi connectivity index (χ2n) is 2.82. The molecule has 2 nitrogen and oxygen atoms in total. The van der Waals surface area contributed by atoms with Crippen molar-refractivity contribution in [2.24, 2.45) is 0 Å². The minimum absolute atomic E-state index is 0.191. The van der Waals surface area contributed by atoms with Gasteiger partial charge >= 0.3 is 0 Å². The van der Waals surface area contributed by atoms with Crippen LogP contribution in [0.1, 0.15) is 17.9 Å². The Morgan fingerprint density at radius 2 is 2.50 bits per heavy atom. The monoisotopic (exact) mass is 247 g/mol. The summed E-state index contributed by atoms with van der Waals surface area (Å²) < 4.78 is 6.81. The average molecular weight is 248 g/mol. The van der Waals surface area contributed by atoms with Crippen LogP contribution in [0.2, 0.25) is 0 Å². The van der Waals surface area contributed by atoms with Crippen LogP contribution in [0.5, 0.6) is 0 Å². The predicted molar refractivity (Wildman–Crippen MR) is 53.3 cm³/mol. The van der Waals surface area contributed by atoms with Crippen molar-refractivity contribution in [3.05, 3.63) is 20.8 Å². The smallest absolute Gasteiger partial charge is 0.106 e. The molecule has 2 atom stereocenters. The molecule has 0 bridgehead atoms. The summed E-state index contributed by atoms with van der Waals surface area (Å²) >= 11 is 5.18. The molecule has 66 valence electrons. The third kappa shape index (κ3) is 1.71. The summed E-state index contributed by atoms with van der Waals surface area (Å²) in [5, 5.41) is 3.25. The standard InChI is InChI=1S/C8H10BrNOS/c1-5-10-4-6(11-5)7-2-3-8(9)12-7/h2-3,5-6,10H,4H2,1H3. The molecule has 2 unspecified atom stereocenters. The third-order valence-electron chi connectivity index (χ3n) is 1.87. The van der Waals surface area contributed by atoms with E-state index >= 15 is 0 Å². The lowest BCUT2D eigenvalue weighted by molar-refractivity contribution is 0.0548. The van der Waals surface area contributed by atoms with E-state index < -0.39 is 0 Å². The van der Waals surface area contributed by atoms with Crippen molar-refractivity contribution in [3.63, 3.8) is 0 Å². The maximum absolute atomic E-state index is 5.64. The summed E-state index contributed by atoms with van der Waals surface area (Å²) in [5.41, 5.74) is 0. The van der Waals surface area contributed by atoms with E-state index in [9.17, 15) is 0 Å². The van der Waals surface area contributed by atoms with Gasteiger partial charge in [-0.05, 0) is 35.0 Å². The fourth-order valence-electron chi connectivity index (χ4n) is 1.28. The molecule has 4 heteroatoms. The normalized spacial score (nSPS) is 29.5. The Hall–Kier alpha value is 0.1000. The Balaban J connectivity index is 2.11. The van der Waals surface area contributed by atoms with Crippen molar-refractivity contribution >= 4 is 27.3 Å². The van der Waals surface area contributed by atoms with Gasteiger partial charge in [0.1, 0.15) is 12.3 Å². The van der Waals surface area contributed by atoms with Crippen molar-refractivity contribution in [2.75, 3.05) is 6.54 Å². The second kappa shape index (κ2) is 3.46. The molecule has 0 amide bonds. The molecule has 1 aliphatic heterocycles. The first kappa shape index (κ1) is 8.69. The van der Waals surface area contributed by atoms with Gasteiger partial charge in [0.25, 0.3) is 0 Å². The number of nitrogens with one attached hydrogen (secondary N) is 1. The molecule has 0 radical (unpaired) electrons. The van der Waals surface area contributed by atoms with E-state index in [0.717, 1.165) is 6.54 Å². The molecule has 0 saturated carbocycles. The number of hydrogen-bond donors (Lipinski definition) is 1. The first-order valence-electron chi connectivity index (χ1n) is 3.90. The van der Waals surface area contributed by atoms with Crippen LogP contribution in [-0.2, 0) is 4.74 Å².